The molecule has 0 fully saturated rings. The van der Waals surface area contributed by atoms with Crippen LogP contribution in [0.1, 0.15) is 37.0 Å². The second-order valence-corrected chi connectivity index (χ2v) is 4.37. The highest BCUT2D eigenvalue weighted by molar-refractivity contribution is 6.02. The number of rotatable bonds is 7. The summed E-state index contributed by atoms with van der Waals surface area (Å²) in [5.41, 5.74) is 0.922. The lowest BCUT2D eigenvalue weighted by molar-refractivity contribution is -0.145. The first-order chi connectivity index (χ1) is 10.1. The van der Waals surface area contributed by atoms with Gasteiger partial charge in [-0.3, -0.25) is 14.4 Å². The number of anilines is 1. The van der Waals surface area contributed by atoms with Crippen LogP contribution < -0.4 is 10.6 Å². The van der Waals surface area contributed by atoms with Gasteiger partial charge in [-0.2, -0.15) is 0 Å². The number of esters is 1. The van der Waals surface area contributed by atoms with Crippen LogP contribution in [0.4, 0.5) is 5.69 Å². The van der Waals surface area contributed by atoms with E-state index in [2.05, 4.69) is 10.6 Å². The lowest BCUT2D eigenvalue weighted by Crippen LogP contribution is -2.24. The van der Waals surface area contributed by atoms with Crippen molar-refractivity contribution in [3.05, 3.63) is 29.8 Å². The van der Waals surface area contributed by atoms with E-state index in [9.17, 15) is 14.4 Å². The van der Waals surface area contributed by atoms with E-state index in [1.165, 1.54) is 0 Å². The van der Waals surface area contributed by atoms with Crippen LogP contribution in [-0.2, 0) is 14.3 Å². The van der Waals surface area contributed by atoms with Gasteiger partial charge in [-0.15, -0.1) is 0 Å². The number of ether oxygens (including phenoxy) is 1. The number of hydrogen-bond donors (Lipinski definition) is 2. The fourth-order valence-corrected chi connectivity index (χ4v) is 1.63. The highest BCUT2D eigenvalue weighted by Gasteiger charge is 2.11. The van der Waals surface area contributed by atoms with Crippen LogP contribution in [0.15, 0.2) is 24.3 Å². The molecule has 0 aliphatic heterocycles. The molecule has 114 valence electrons. The quantitative estimate of drug-likeness (QED) is 0.592. The molecule has 0 atom stereocenters. The SMILES string of the molecule is CCCNC(=O)c1cccc(NC(=O)CC(=O)OCC)c1. The van der Waals surface area contributed by atoms with E-state index < -0.39 is 11.9 Å². The summed E-state index contributed by atoms with van der Waals surface area (Å²) in [6.45, 7) is 4.47. The van der Waals surface area contributed by atoms with Gasteiger partial charge in [0.1, 0.15) is 6.42 Å². The molecule has 0 saturated heterocycles. The first-order valence-electron chi connectivity index (χ1n) is 6.90. The Morgan fingerprint density at radius 2 is 1.95 bits per heavy atom. The summed E-state index contributed by atoms with van der Waals surface area (Å²) in [6.07, 6.45) is 0.502. The van der Waals surface area contributed by atoms with Crippen molar-refractivity contribution in [2.45, 2.75) is 26.7 Å². The first-order valence-corrected chi connectivity index (χ1v) is 6.90. The summed E-state index contributed by atoms with van der Waals surface area (Å²) >= 11 is 0. The van der Waals surface area contributed by atoms with E-state index in [4.69, 9.17) is 4.74 Å². The number of benzene rings is 1. The number of carbonyl (C=O) groups excluding carboxylic acids is 3. The van der Waals surface area contributed by atoms with Crippen molar-refractivity contribution in [3.8, 4) is 0 Å². The minimum atomic E-state index is -0.577. The van der Waals surface area contributed by atoms with Gasteiger partial charge < -0.3 is 15.4 Å². The van der Waals surface area contributed by atoms with Crippen molar-refractivity contribution < 1.29 is 19.1 Å². The molecule has 0 aliphatic rings. The standard InChI is InChI=1S/C15H20N2O4/c1-3-8-16-15(20)11-6-5-7-12(9-11)17-13(18)10-14(19)21-4-2/h5-7,9H,3-4,8,10H2,1-2H3,(H,16,20)(H,17,18). The van der Waals surface area contributed by atoms with Gasteiger partial charge in [0.15, 0.2) is 0 Å². The zero-order valence-corrected chi connectivity index (χ0v) is 12.3. The molecule has 1 rings (SSSR count). The minimum absolute atomic E-state index is 0.196. The van der Waals surface area contributed by atoms with Gasteiger partial charge in [0.05, 0.1) is 6.61 Å². The monoisotopic (exact) mass is 292 g/mol. The van der Waals surface area contributed by atoms with Crippen molar-refractivity contribution in [2.75, 3.05) is 18.5 Å². The molecule has 1 aromatic rings. The Balaban J connectivity index is 2.62. The van der Waals surface area contributed by atoms with Crippen LogP contribution in [0.5, 0.6) is 0 Å². The van der Waals surface area contributed by atoms with E-state index in [0.29, 0.717) is 17.8 Å². The fraction of sp³-hybridized carbons (Fsp3) is 0.400. The average molecular weight is 292 g/mol. The molecule has 6 heteroatoms. The molecule has 2 N–H and O–H groups in total. The molecule has 0 aliphatic carbocycles. The van der Waals surface area contributed by atoms with Gasteiger partial charge in [-0.25, -0.2) is 0 Å². The normalized spacial score (nSPS) is 9.81. The number of hydrogen-bond acceptors (Lipinski definition) is 4. The molecule has 0 aromatic heterocycles. The molecule has 0 bridgehead atoms. The van der Waals surface area contributed by atoms with Gasteiger partial charge >= 0.3 is 5.97 Å². The number of amides is 2. The molecular weight excluding hydrogens is 272 g/mol. The summed E-state index contributed by atoms with van der Waals surface area (Å²) < 4.78 is 4.69. The molecule has 0 heterocycles. The fourth-order valence-electron chi connectivity index (χ4n) is 1.63. The van der Waals surface area contributed by atoms with Crippen LogP contribution in [0.3, 0.4) is 0 Å². The van der Waals surface area contributed by atoms with Gasteiger partial charge in [0.25, 0.3) is 5.91 Å². The van der Waals surface area contributed by atoms with Crippen molar-refractivity contribution >= 4 is 23.5 Å². The maximum atomic E-state index is 11.8. The van der Waals surface area contributed by atoms with Crippen LogP contribution in [0, 0.1) is 0 Å². The molecule has 6 nitrogen and oxygen atoms in total. The highest BCUT2D eigenvalue weighted by atomic mass is 16.5. The summed E-state index contributed by atoms with van der Waals surface area (Å²) in [6, 6.07) is 6.54. The minimum Gasteiger partial charge on any atom is -0.466 e. The Morgan fingerprint density at radius 1 is 1.19 bits per heavy atom. The van der Waals surface area contributed by atoms with Crippen molar-refractivity contribution in [2.24, 2.45) is 0 Å². The van der Waals surface area contributed by atoms with E-state index in [1.54, 1.807) is 31.2 Å². The van der Waals surface area contributed by atoms with Crippen LogP contribution in [-0.4, -0.2) is 30.9 Å². The van der Waals surface area contributed by atoms with Crippen molar-refractivity contribution in [3.63, 3.8) is 0 Å². The molecule has 2 amide bonds. The molecule has 0 saturated carbocycles. The summed E-state index contributed by atoms with van der Waals surface area (Å²) in [7, 11) is 0. The van der Waals surface area contributed by atoms with Crippen LogP contribution in [0.25, 0.3) is 0 Å². The maximum Gasteiger partial charge on any atom is 0.315 e. The van der Waals surface area contributed by atoms with Gasteiger partial charge in [-0.1, -0.05) is 13.0 Å². The molecule has 21 heavy (non-hydrogen) atoms. The van der Waals surface area contributed by atoms with E-state index in [-0.39, 0.29) is 18.9 Å². The third-order valence-corrected chi connectivity index (χ3v) is 2.55. The molecule has 0 radical (unpaired) electrons. The molecule has 0 unspecified atom stereocenters. The Kier molecular flexibility index (Phi) is 6.94. The Hall–Kier alpha value is -2.37. The molecule has 1 aromatic carbocycles. The lowest BCUT2D eigenvalue weighted by atomic mass is 10.2. The second kappa shape index (κ2) is 8.73. The molecular formula is C15H20N2O4. The Morgan fingerprint density at radius 3 is 2.62 bits per heavy atom. The van der Waals surface area contributed by atoms with Gasteiger partial charge in [-0.05, 0) is 31.5 Å². The van der Waals surface area contributed by atoms with Crippen molar-refractivity contribution in [1.82, 2.24) is 5.32 Å². The smallest absolute Gasteiger partial charge is 0.315 e. The maximum absolute atomic E-state index is 11.8. The number of nitrogens with one attached hydrogen (secondary N) is 2. The zero-order valence-electron chi connectivity index (χ0n) is 12.3. The first kappa shape index (κ1) is 16.7. The van der Waals surface area contributed by atoms with Gasteiger partial charge in [0, 0.05) is 17.8 Å². The lowest BCUT2D eigenvalue weighted by Gasteiger charge is -2.08. The average Bonchev–Trinajstić information content (AvgIpc) is 2.45. The third-order valence-electron chi connectivity index (χ3n) is 2.55. The predicted molar refractivity (Wildman–Crippen MR) is 78.9 cm³/mol. The highest BCUT2D eigenvalue weighted by Crippen LogP contribution is 2.11. The zero-order chi connectivity index (χ0) is 15.7. The van der Waals surface area contributed by atoms with Crippen LogP contribution in [0.2, 0.25) is 0 Å². The molecule has 0 spiro atoms. The van der Waals surface area contributed by atoms with Gasteiger partial charge in [0.2, 0.25) is 5.91 Å². The summed E-state index contributed by atoms with van der Waals surface area (Å²) in [5, 5.41) is 5.32. The Bertz CT molecular complexity index is 514. The summed E-state index contributed by atoms with van der Waals surface area (Å²) in [4.78, 5) is 34.6. The van der Waals surface area contributed by atoms with E-state index >= 15 is 0 Å². The largest absolute Gasteiger partial charge is 0.466 e. The third kappa shape index (κ3) is 6.07. The van der Waals surface area contributed by atoms with Crippen LogP contribution >= 0.6 is 0 Å². The Labute approximate surface area is 123 Å². The van der Waals surface area contributed by atoms with E-state index in [0.717, 1.165) is 6.42 Å². The van der Waals surface area contributed by atoms with Crippen molar-refractivity contribution in [1.29, 1.82) is 0 Å². The van der Waals surface area contributed by atoms with E-state index in [1.807, 2.05) is 6.92 Å². The predicted octanol–water partition coefficient (Wildman–Crippen LogP) is 1.72. The summed E-state index contributed by atoms with van der Waals surface area (Å²) in [5.74, 6) is -1.25. The second-order valence-electron chi connectivity index (χ2n) is 4.37. The topological polar surface area (TPSA) is 84.5 Å². The number of carbonyl (C=O) groups is 3.